The fourth-order valence-corrected chi connectivity index (χ4v) is 3.25. The fourth-order valence-electron chi connectivity index (χ4n) is 3.25. The van der Waals surface area contributed by atoms with Gasteiger partial charge in [0, 0.05) is 36.6 Å². The van der Waals surface area contributed by atoms with Gasteiger partial charge in [0.2, 0.25) is 11.9 Å². The molecule has 7 nitrogen and oxygen atoms in total. The highest BCUT2D eigenvalue weighted by molar-refractivity contribution is 5.92. The third kappa shape index (κ3) is 6.05. The number of anilines is 2. The van der Waals surface area contributed by atoms with E-state index in [9.17, 15) is 22.8 Å². The van der Waals surface area contributed by atoms with E-state index >= 15 is 0 Å². The van der Waals surface area contributed by atoms with Gasteiger partial charge < -0.3 is 10.6 Å². The van der Waals surface area contributed by atoms with E-state index < -0.39 is 11.7 Å². The summed E-state index contributed by atoms with van der Waals surface area (Å²) in [5.74, 6) is 0.0659. The average molecular weight is 409 g/mol. The molecule has 1 aliphatic heterocycles. The van der Waals surface area contributed by atoms with E-state index in [1.54, 1.807) is 6.92 Å². The molecule has 0 aliphatic carbocycles. The van der Waals surface area contributed by atoms with Crippen molar-refractivity contribution in [1.29, 1.82) is 0 Å². The Morgan fingerprint density at radius 1 is 1.28 bits per heavy atom. The van der Waals surface area contributed by atoms with Crippen molar-refractivity contribution in [2.45, 2.75) is 32.0 Å². The standard InChI is InChI=1S/C19H22F3N5O2/c1-12-9-16(28)26-18(23-12)25-14-5-7-27(8-6-14)11-17(29)24-15-4-2-3-13(10-15)19(20,21)22/h2-4,9-10,14H,5-8,11H2,1H3,(H,24,29)(H2,23,25,26,28). The lowest BCUT2D eigenvalue weighted by Crippen LogP contribution is -2.43. The molecular formula is C19H22F3N5O2. The van der Waals surface area contributed by atoms with Crippen LogP contribution in [-0.4, -0.2) is 46.5 Å². The smallest absolute Gasteiger partial charge is 0.353 e. The van der Waals surface area contributed by atoms with Gasteiger partial charge in [-0.2, -0.15) is 13.2 Å². The Labute approximate surface area is 165 Å². The lowest BCUT2D eigenvalue weighted by atomic mass is 10.1. The Balaban J connectivity index is 1.48. The van der Waals surface area contributed by atoms with Crippen LogP contribution in [0.4, 0.5) is 24.8 Å². The second-order valence-electron chi connectivity index (χ2n) is 7.06. The number of piperidine rings is 1. The molecule has 1 saturated heterocycles. The summed E-state index contributed by atoms with van der Waals surface area (Å²) < 4.78 is 38.3. The first-order chi connectivity index (χ1) is 13.7. The maximum Gasteiger partial charge on any atom is 0.416 e. The van der Waals surface area contributed by atoms with Gasteiger partial charge in [-0.3, -0.25) is 19.5 Å². The van der Waals surface area contributed by atoms with E-state index in [2.05, 4.69) is 20.6 Å². The van der Waals surface area contributed by atoms with Gasteiger partial charge in [-0.1, -0.05) is 6.07 Å². The highest BCUT2D eigenvalue weighted by Crippen LogP contribution is 2.30. The number of H-pyrrole nitrogens is 1. The number of halogens is 3. The number of aromatic amines is 1. The Morgan fingerprint density at radius 3 is 2.66 bits per heavy atom. The second kappa shape index (κ2) is 8.64. The monoisotopic (exact) mass is 409 g/mol. The molecule has 0 saturated carbocycles. The summed E-state index contributed by atoms with van der Waals surface area (Å²) in [6.07, 6.45) is -2.96. The highest BCUT2D eigenvalue weighted by Gasteiger charge is 2.30. The lowest BCUT2D eigenvalue weighted by molar-refractivity contribution is -0.137. The molecule has 1 amide bonds. The van der Waals surface area contributed by atoms with E-state index in [-0.39, 0.29) is 29.7 Å². The van der Waals surface area contributed by atoms with Crippen LogP contribution in [0.2, 0.25) is 0 Å². The maximum atomic E-state index is 12.8. The third-order valence-electron chi connectivity index (χ3n) is 4.64. The van der Waals surface area contributed by atoms with Gasteiger partial charge in [-0.15, -0.1) is 0 Å². The molecule has 0 atom stereocenters. The quantitative estimate of drug-likeness (QED) is 0.706. The van der Waals surface area contributed by atoms with Gasteiger partial charge in [0.15, 0.2) is 0 Å². The first kappa shape index (κ1) is 20.8. The molecule has 0 unspecified atom stereocenters. The summed E-state index contributed by atoms with van der Waals surface area (Å²) >= 11 is 0. The zero-order valence-electron chi connectivity index (χ0n) is 15.8. The van der Waals surface area contributed by atoms with E-state index in [1.165, 1.54) is 18.2 Å². The molecule has 1 fully saturated rings. The van der Waals surface area contributed by atoms with Crippen molar-refractivity contribution in [2.75, 3.05) is 30.3 Å². The SMILES string of the molecule is Cc1cc(=O)[nH]c(NC2CCN(CC(=O)Nc3cccc(C(F)(F)F)c3)CC2)n1. The minimum atomic E-state index is -4.45. The van der Waals surface area contributed by atoms with Gasteiger partial charge in [-0.25, -0.2) is 4.98 Å². The maximum absolute atomic E-state index is 12.8. The number of nitrogens with one attached hydrogen (secondary N) is 3. The summed E-state index contributed by atoms with van der Waals surface area (Å²) in [5, 5.41) is 5.72. The number of hydrogen-bond acceptors (Lipinski definition) is 5. The first-order valence-corrected chi connectivity index (χ1v) is 9.23. The van der Waals surface area contributed by atoms with Gasteiger partial charge in [0.25, 0.3) is 5.56 Å². The third-order valence-corrected chi connectivity index (χ3v) is 4.64. The molecule has 1 aromatic carbocycles. The number of rotatable bonds is 5. The fraction of sp³-hybridized carbons (Fsp3) is 0.421. The highest BCUT2D eigenvalue weighted by atomic mass is 19.4. The summed E-state index contributed by atoms with van der Waals surface area (Å²) in [7, 11) is 0. The van der Waals surface area contributed by atoms with Crippen LogP contribution in [0, 0.1) is 6.92 Å². The van der Waals surface area contributed by atoms with Gasteiger partial charge >= 0.3 is 6.18 Å². The molecule has 0 spiro atoms. The lowest BCUT2D eigenvalue weighted by Gasteiger charge is -2.32. The van der Waals surface area contributed by atoms with Crippen LogP contribution in [0.5, 0.6) is 0 Å². The molecule has 1 aliphatic rings. The molecule has 2 aromatic rings. The summed E-state index contributed by atoms with van der Waals surface area (Å²) in [5.41, 5.74) is -0.274. The minimum absolute atomic E-state index is 0.0997. The topological polar surface area (TPSA) is 90.1 Å². The molecule has 1 aromatic heterocycles. The molecular weight excluding hydrogens is 387 g/mol. The van der Waals surface area contributed by atoms with E-state index in [0.29, 0.717) is 24.7 Å². The molecule has 156 valence electrons. The van der Waals surface area contributed by atoms with Crippen molar-refractivity contribution in [3.63, 3.8) is 0 Å². The van der Waals surface area contributed by atoms with Crippen LogP contribution in [0.15, 0.2) is 35.1 Å². The van der Waals surface area contributed by atoms with Crippen molar-refractivity contribution in [1.82, 2.24) is 14.9 Å². The number of carbonyl (C=O) groups excluding carboxylic acids is 1. The van der Waals surface area contributed by atoms with Gasteiger partial charge in [0.1, 0.15) is 0 Å². The molecule has 3 rings (SSSR count). The number of carbonyl (C=O) groups is 1. The number of hydrogen-bond donors (Lipinski definition) is 3. The van der Waals surface area contributed by atoms with Crippen LogP contribution < -0.4 is 16.2 Å². The van der Waals surface area contributed by atoms with Crippen LogP contribution in [0.1, 0.15) is 24.1 Å². The van der Waals surface area contributed by atoms with Crippen LogP contribution >= 0.6 is 0 Å². The average Bonchev–Trinajstić information content (AvgIpc) is 2.62. The van der Waals surface area contributed by atoms with Crippen LogP contribution in [-0.2, 0) is 11.0 Å². The van der Waals surface area contributed by atoms with Crippen molar-refractivity contribution in [3.8, 4) is 0 Å². The second-order valence-corrected chi connectivity index (χ2v) is 7.06. The van der Waals surface area contributed by atoms with Crippen LogP contribution in [0.3, 0.4) is 0 Å². The molecule has 3 N–H and O–H groups in total. The Bertz CT molecular complexity index is 921. The van der Waals surface area contributed by atoms with Crippen molar-refractivity contribution >= 4 is 17.5 Å². The zero-order valence-corrected chi connectivity index (χ0v) is 15.8. The number of nitrogens with zero attached hydrogens (tertiary/aromatic N) is 2. The normalized spacial score (nSPS) is 15.9. The van der Waals surface area contributed by atoms with E-state index in [1.807, 2.05) is 4.90 Å². The molecule has 0 bridgehead atoms. The Hall–Kier alpha value is -2.88. The Morgan fingerprint density at radius 2 is 2.00 bits per heavy atom. The minimum Gasteiger partial charge on any atom is -0.353 e. The first-order valence-electron chi connectivity index (χ1n) is 9.23. The number of benzene rings is 1. The predicted molar refractivity (Wildman–Crippen MR) is 103 cm³/mol. The van der Waals surface area contributed by atoms with Crippen molar-refractivity contribution in [3.05, 3.63) is 51.9 Å². The molecule has 29 heavy (non-hydrogen) atoms. The van der Waals surface area contributed by atoms with Gasteiger partial charge in [0.05, 0.1) is 12.1 Å². The summed E-state index contributed by atoms with van der Waals surface area (Å²) in [4.78, 5) is 32.5. The number of likely N-dealkylation sites (tertiary alicyclic amines) is 1. The van der Waals surface area contributed by atoms with Crippen LogP contribution in [0.25, 0.3) is 0 Å². The summed E-state index contributed by atoms with van der Waals surface area (Å²) in [6, 6.07) is 6.10. The van der Waals surface area contributed by atoms with Crippen molar-refractivity contribution in [2.24, 2.45) is 0 Å². The Kier molecular flexibility index (Phi) is 6.21. The zero-order chi connectivity index (χ0) is 21.0. The number of aromatic nitrogens is 2. The largest absolute Gasteiger partial charge is 0.416 e. The number of aryl methyl sites for hydroxylation is 1. The van der Waals surface area contributed by atoms with Crippen molar-refractivity contribution < 1.29 is 18.0 Å². The van der Waals surface area contributed by atoms with E-state index in [0.717, 1.165) is 25.0 Å². The predicted octanol–water partition coefficient (Wildman–Crippen LogP) is 2.61. The number of alkyl halides is 3. The van der Waals surface area contributed by atoms with Gasteiger partial charge in [-0.05, 0) is 38.0 Å². The molecule has 0 radical (unpaired) electrons. The van der Waals surface area contributed by atoms with E-state index in [4.69, 9.17) is 0 Å². The molecule has 10 heteroatoms. The molecule has 2 heterocycles. The summed E-state index contributed by atoms with van der Waals surface area (Å²) in [6.45, 7) is 3.13. The number of amides is 1.